The monoisotopic (exact) mass is 344 g/mol. The quantitative estimate of drug-likeness (QED) is 0.729. The number of hydrogen-bond donors (Lipinski definition) is 0. The highest BCUT2D eigenvalue weighted by Crippen LogP contribution is 2.24. The van der Waals surface area contributed by atoms with Crippen molar-refractivity contribution in [3.05, 3.63) is 58.6 Å². The number of nitrogens with zero attached hydrogens (tertiary/aromatic N) is 4. The summed E-state index contributed by atoms with van der Waals surface area (Å²) in [5, 5.41) is 12.6. The first-order valence-electron chi connectivity index (χ1n) is 6.42. The van der Waals surface area contributed by atoms with Crippen LogP contribution in [0.2, 0.25) is 0 Å². The molecular weight excluding hydrogens is 332 g/mol. The van der Waals surface area contributed by atoms with Gasteiger partial charge in [0.05, 0.1) is 13.7 Å². The molecule has 0 aliphatic heterocycles. The molecule has 21 heavy (non-hydrogen) atoms. The highest BCUT2D eigenvalue weighted by atomic mass is 79.9. The first-order valence-corrected chi connectivity index (χ1v) is 7.21. The molecule has 106 valence electrons. The van der Waals surface area contributed by atoms with Crippen LogP contribution in [-0.4, -0.2) is 27.3 Å². The van der Waals surface area contributed by atoms with Gasteiger partial charge in [-0.25, -0.2) is 0 Å². The Morgan fingerprint density at radius 3 is 2.81 bits per heavy atom. The van der Waals surface area contributed by atoms with Crippen molar-refractivity contribution in [1.82, 2.24) is 20.2 Å². The molecule has 0 amide bonds. The lowest BCUT2D eigenvalue weighted by Crippen LogP contribution is -2.04. The third kappa shape index (κ3) is 3.11. The van der Waals surface area contributed by atoms with E-state index in [1.165, 1.54) is 0 Å². The average molecular weight is 345 g/mol. The molecule has 1 heterocycles. The summed E-state index contributed by atoms with van der Waals surface area (Å²) in [5.41, 5.74) is 1.99. The topological polar surface area (TPSA) is 52.8 Å². The van der Waals surface area contributed by atoms with Gasteiger partial charge in [-0.2, -0.15) is 4.80 Å². The van der Waals surface area contributed by atoms with E-state index in [9.17, 15) is 0 Å². The SMILES string of the molecule is COc1cccc(Cn2nnc(-c3ccccc3Br)n2)c1. The summed E-state index contributed by atoms with van der Waals surface area (Å²) in [5.74, 6) is 1.42. The average Bonchev–Trinajstić information content (AvgIpc) is 2.96. The van der Waals surface area contributed by atoms with E-state index < -0.39 is 0 Å². The number of aromatic nitrogens is 4. The van der Waals surface area contributed by atoms with Crippen molar-refractivity contribution in [3.63, 3.8) is 0 Å². The normalized spacial score (nSPS) is 10.6. The second-order valence-electron chi connectivity index (χ2n) is 4.47. The molecule has 0 radical (unpaired) electrons. The molecular formula is C15H13BrN4O. The standard InChI is InChI=1S/C15H13BrN4O/c1-21-12-6-4-5-11(9-12)10-20-18-15(17-19-20)13-7-2-3-8-14(13)16/h2-9H,10H2,1H3. The predicted molar refractivity (Wildman–Crippen MR) is 83.0 cm³/mol. The molecule has 0 saturated carbocycles. The van der Waals surface area contributed by atoms with Crippen molar-refractivity contribution in [1.29, 1.82) is 0 Å². The molecule has 6 heteroatoms. The number of benzene rings is 2. The van der Waals surface area contributed by atoms with E-state index in [2.05, 4.69) is 31.3 Å². The molecule has 2 aromatic carbocycles. The second-order valence-corrected chi connectivity index (χ2v) is 5.33. The minimum atomic E-state index is 0.550. The van der Waals surface area contributed by atoms with Gasteiger partial charge < -0.3 is 4.74 Å². The molecule has 3 rings (SSSR count). The van der Waals surface area contributed by atoms with E-state index in [0.717, 1.165) is 21.3 Å². The highest BCUT2D eigenvalue weighted by molar-refractivity contribution is 9.10. The van der Waals surface area contributed by atoms with Crippen LogP contribution in [-0.2, 0) is 6.54 Å². The van der Waals surface area contributed by atoms with Crippen LogP contribution in [0.25, 0.3) is 11.4 Å². The zero-order valence-corrected chi connectivity index (χ0v) is 13.0. The lowest BCUT2D eigenvalue weighted by molar-refractivity contribution is 0.413. The van der Waals surface area contributed by atoms with Gasteiger partial charge in [0, 0.05) is 10.0 Å². The Morgan fingerprint density at radius 2 is 2.00 bits per heavy atom. The fourth-order valence-electron chi connectivity index (χ4n) is 1.99. The Labute approximate surface area is 130 Å². The van der Waals surface area contributed by atoms with Crippen molar-refractivity contribution in [3.8, 4) is 17.1 Å². The molecule has 0 saturated heterocycles. The maximum Gasteiger partial charge on any atom is 0.206 e. The third-order valence-corrected chi connectivity index (χ3v) is 3.72. The van der Waals surface area contributed by atoms with Crippen molar-refractivity contribution in [2.75, 3.05) is 7.11 Å². The molecule has 0 aliphatic carbocycles. The smallest absolute Gasteiger partial charge is 0.206 e. The Kier molecular flexibility index (Phi) is 3.96. The number of rotatable bonds is 4. The molecule has 0 fully saturated rings. The summed E-state index contributed by atoms with van der Waals surface area (Å²) in [6.07, 6.45) is 0. The number of methoxy groups -OCH3 is 1. The zero-order chi connectivity index (χ0) is 14.7. The van der Waals surface area contributed by atoms with E-state index in [4.69, 9.17) is 4.74 Å². The van der Waals surface area contributed by atoms with Crippen LogP contribution in [0.1, 0.15) is 5.56 Å². The van der Waals surface area contributed by atoms with E-state index in [-0.39, 0.29) is 0 Å². The third-order valence-electron chi connectivity index (χ3n) is 3.03. The van der Waals surface area contributed by atoms with Crippen molar-refractivity contribution < 1.29 is 4.74 Å². The molecule has 0 atom stereocenters. The maximum atomic E-state index is 5.21. The van der Waals surface area contributed by atoms with Gasteiger partial charge >= 0.3 is 0 Å². The Hall–Kier alpha value is -2.21. The number of halogens is 1. The minimum Gasteiger partial charge on any atom is -0.497 e. The van der Waals surface area contributed by atoms with Gasteiger partial charge in [-0.3, -0.25) is 0 Å². The molecule has 0 bridgehead atoms. The van der Waals surface area contributed by atoms with Gasteiger partial charge in [-0.15, -0.1) is 10.2 Å². The molecule has 3 aromatic rings. The summed E-state index contributed by atoms with van der Waals surface area (Å²) in [7, 11) is 1.65. The van der Waals surface area contributed by atoms with Crippen LogP contribution in [0.15, 0.2) is 53.0 Å². The molecule has 1 aromatic heterocycles. The summed E-state index contributed by atoms with van der Waals surface area (Å²) < 4.78 is 6.16. The lowest BCUT2D eigenvalue weighted by Gasteiger charge is -2.03. The maximum absolute atomic E-state index is 5.21. The zero-order valence-electron chi connectivity index (χ0n) is 11.4. The van der Waals surface area contributed by atoms with Crippen LogP contribution >= 0.6 is 15.9 Å². The first-order chi connectivity index (χ1) is 10.3. The van der Waals surface area contributed by atoms with Gasteiger partial charge in [0.1, 0.15) is 5.75 Å². The van der Waals surface area contributed by atoms with Gasteiger partial charge in [-0.1, -0.05) is 40.2 Å². The number of tetrazole rings is 1. The van der Waals surface area contributed by atoms with Gasteiger partial charge in [0.2, 0.25) is 5.82 Å². The van der Waals surface area contributed by atoms with Crippen molar-refractivity contribution in [2.24, 2.45) is 0 Å². The van der Waals surface area contributed by atoms with Crippen LogP contribution < -0.4 is 4.74 Å². The second kappa shape index (κ2) is 6.05. The van der Waals surface area contributed by atoms with E-state index in [0.29, 0.717) is 12.4 Å². The number of hydrogen-bond acceptors (Lipinski definition) is 4. The van der Waals surface area contributed by atoms with Gasteiger partial charge in [0.25, 0.3) is 0 Å². The Morgan fingerprint density at radius 1 is 1.14 bits per heavy atom. The molecule has 0 unspecified atom stereocenters. The first kappa shape index (κ1) is 13.8. The van der Waals surface area contributed by atoms with Gasteiger partial charge in [0.15, 0.2) is 0 Å². The summed E-state index contributed by atoms with van der Waals surface area (Å²) >= 11 is 3.49. The Bertz CT molecular complexity index is 757. The van der Waals surface area contributed by atoms with E-state index in [1.807, 2.05) is 48.5 Å². The van der Waals surface area contributed by atoms with Crippen molar-refractivity contribution >= 4 is 15.9 Å². The molecule has 0 spiro atoms. The van der Waals surface area contributed by atoms with E-state index >= 15 is 0 Å². The number of ether oxygens (including phenoxy) is 1. The lowest BCUT2D eigenvalue weighted by atomic mass is 10.2. The molecule has 0 N–H and O–H groups in total. The Balaban J connectivity index is 1.84. The van der Waals surface area contributed by atoms with Crippen LogP contribution in [0.3, 0.4) is 0 Å². The molecule has 0 aliphatic rings. The van der Waals surface area contributed by atoms with Crippen LogP contribution in [0.5, 0.6) is 5.75 Å². The summed E-state index contributed by atoms with van der Waals surface area (Å²) in [4.78, 5) is 1.57. The van der Waals surface area contributed by atoms with Crippen molar-refractivity contribution in [2.45, 2.75) is 6.54 Å². The van der Waals surface area contributed by atoms with E-state index in [1.54, 1.807) is 11.9 Å². The van der Waals surface area contributed by atoms with Gasteiger partial charge in [-0.05, 0) is 35.0 Å². The fraction of sp³-hybridized carbons (Fsp3) is 0.133. The minimum absolute atomic E-state index is 0.550. The summed E-state index contributed by atoms with van der Waals surface area (Å²) in [6, 6.07) is 15.6. The predicted octanol–water partition coefficient (Wildman–Crippen LogP) is 3.16. The largest absolute Gasteiger partial charge is 0.497 e. The highest BCUT2D eigenvalue weighted by Gasteiger charge is 2.09. The van der Waals surface area contributed by atoms with Crippen LogP contribution in [0, 0.1) is 0 Å². The molecule has 5 nitrogen and oxygen atoms in total. The fourth-order valence-corrected chi connectivity index (χ4v) is 2.46. The summed E-state index contributed by atoms with van der Waals surface area (Å²) in [6.45, 7) is 0.550. The van der Waals surface area contributed by atoms with Crippen LogP contribution in [0.4, 0.5) is 0 Å².